The highest BCUT2D eigenvalue weighted by molar-refractivity contribution is 5.76. The van der Waals surface area contributed by atoms with Crippen molar-refractivity contribution in [1.82, 2.24) is 4.90 Å². The number of hydrogen-bond acceptors (Lipinski definition) is 3. The number of methoxy groups -OCH3 is 1. The zero-order chi connectivity index (χ0) is 12.9. The fourth-order valence-corrected chi connectivity index (χ4v) is 2.13. The van der Waals surface area contributed by atoms with Gasteiger partial charge >= 0.3 is 0 Å². The molecule has 0 radical (unpaired) electrons. The van der Waals surface area contributed by atoms with Gasteiger partial charge in [0.15, 0.2) is 0 Å². The predicted octanol–water partition coefficient (Wildman–Crippen LogP) is 1.81. The van der Waals surface area contributed by atoms with Crippen LogP contribution in [0.4, 0.5) is 0 Å². The molecular formula is C13H22N2O2. The molecule has 1 unspecified atom stereocenters. The van der Waals surface area contributed by atoms with Crippen LogP contribution in [0.5, 0.6) is 0 Å². The Bertz CT molecular complexity index is 301. The minimum Gasteiger partial charge on any atom is -0.384 e. The highest BCUT2D eigenvalue weighted by Gasteiger charge is 2.31. The van der Waals surface area contributed by atoms with Crippen LogP contribution < -0.4 is 0 Å². The maximum Gasteiger partial charge on any atom is 0.222 e. The molecule has 1 amide bonds. The van der Waals surface area contributed by atoms with E-state index in [9.17, 15) is 4.79 Å². The molecule has 1 atom stereocenters. The van der Waals surface area contributed by atoms with Crippen LogP contribution in [0.1, 0.15) is 33.1 Å². The van der Waals surface area contributed by atoms with Gasteiger partial charge in [-0.25, -0.2) is 0 Å². The number of piperidine rings is 1. The van der Waals surface area contributed by atoms with Crippen LogP contribution in [-0.2, 0) is 9.53 Å². The van der Waals surface area contributed by atoms with Crippen molar-refractivity contribution in [3.05, 3.63) is 0 Å². The molecule has 0 aromatic carbocycles. The summed E-state index contributed by atoms with van der Waals surface area (Å²) in [5, 5.41) is 9.02. The fraction of sp³-hybridized carbons (Fsp3) is 0.846. The second kappa shape index (κ2) is 6.02. The van der Waals surface area contributed by atoms with Crippen molar-refractivity contribution in [3.63, 3.8) is 0 Å². The van der Waals surface area contributed by atoms with Crippen LogP contribution in [0.3, 0.4) is 0 Å². The molecule has 1 aliphatic heterocycles. The molecule has 0 saturated carbocycles. The lowest BCUT2D eigenvalue weighted by molar-refractivity contribution is -0.134. The zero-order valence-electron chi connectivity index (χ0n) is 11.0. The van der Waals surface area contributed by atoms with Gasteiger partial charge < -0.3 is 9.64 Å². The van der Waals surface area contributed by atoms with Crippen molar-refractivity contribution in [3.8, 4) is 6.07 Å². The van der Waals surface area contributed by atoms with E-state index in [-0.39, 0.29) is 17.2 Å². The first-order valence-corrected chi connectivity index (χ1v) is 6.19. The standard InChI is InChI=1S/C13H22N2O2/c1-11(9-17-3)8-12(16)15-6-4-13(2,10-14)5-7-15/h11H,4-9H2,1-3H3. The van der Waals surface area contributed by atoms with Crippen molar-refractivity contribution in [2.45, 2.75) is 33.1 Å². The van der Waals surface area contributed by atoms with Crippen LogP contribution in [0.2, 0.25) is 0 Å². The first-order valence-electron chi connectivity index (χ1n) is 6.19. The summed E-state index contributed by atoms with van der Waals surface area (Å²) in [5.41, 5.74) is -0.241. The first-order chi connectivity index (χ1) is 8.00. The SMILES string of the molecule is COCC(C)CC(=O)N1CCC(C)(C#N)CC1. The van der Waals surface area contributed by atoms with Gasteiger partial charge in [0, 0.05) is 33.2 Å². The second-order valence-corrected chi connectivity index (χ2v) is 5.32. The third kappa shape index (κ3) is 4.01. The van der Waals surface area contributed by atoms with Crippen molar-refractivity contribution < 1.29 is 9.53 Å². The number of carbonyl (C=O) groups excluding carboxylic acids is 1. The molecule has 0 bridgehead atoms. The van der Waals surface area contributed by atoms with E-state index in [0.717, 1.165) is 12.8 Å². The van der Waals surface area contributed by atoms with Crippen LogP contribution in [0, 0.1) is 22.7 Å². The summed E-state index contributed by atoms with van der Waals surface area (Å²) in [6.45, 7) is 6.04. The lowest BCUT2D eigenvalue weighted by atomic mass is 9.82. The Kier molecular flexibility index (Phi) is 4.95. The summed E-state index contributed by atoms with van der Waals surface area (Å²) < 4.78 is 5.03. The van der Waals surface area contributed by atoms with E-state index in [0.29, 0.717) is 26.1 Å². The zero-order valence-corrected chi connectivity index (χ0v) is 11.0. The average Bonchev–Trinajstić information content (AvgIpc) is 2.30. The Morgan fingerprint density at radius 1 is 1.53 bits per heavy atom. The molecule has 1 rings (SSSR count). The number of amides is 1. The highest BCUT2D eigenvalue weighted by atomic mass is 16.5. The van der Waals surface area contributed by atoms with Crippen molar-refractivity contribution in [2.75, 3.05) is 26.8 Å². The molecule has 96 valence electrons. The maximum absolute atomic E-state index is 12.0. The minimum absolute atomic E-state index is 0.189. The van der Waals surface area contributed by atoms with E-state index < -0.39 is 0 Å². The molecule has 0 aromatic heterocycles. The molecule has 0 aliphatic carbocycles. The largest absolute Gasteiger partial charge is 0.384 e. The van der Waals surface area contributed by atoms with Gasteiger partial charge in [0.05, 0.1) is 11.5 Å². The Morgan fingerprint density at radius 3 is 2.59 bits per heavy atom. The van der Waals surface area contributed by atoms with E-state index >= 15 is 0 Å². The molecule has 1 saturated heterocycles. The van der Waals surface area contributed by atoms with Crippen LogP contribution >= 0.6 is 0 Å². The Morgan fingerprint density at radius 2 is 2.12 bits per heavy atom. The van der Waals surface area contributed by atoms with Gasteiger partial charge in [0.2, 0.25) is 5.91 Å². The third-order valence-electron chi connectivity index (χ3n) is 3.46. The van der Waals surface area contributed by atoms with E-state index in [1.54, 1.807) is 7.11 Å². The number of likely N-dealkylation sites (tertiary alicyclic amines) is 1. The Balaban J connectivity index is 2.39. The number of nitriles is 1. The van der Waals surface area contributed by atoms with Crippen LogP contribution in [0.15, 0.2) is 0 Å². The van der Waals surface area contributed by atoms with Crippen LogP contribution in [0.25, 0.3) is 0 Å². The van der Waals surface area contributed by atoms with E-state index in [4.69, 9.17) is 10.00 Å². The monoisotopic (exact) mass is 238 g/mol. The number of hydrogen-bond donors (Lipinski definition) is 0. The molecule has 0 aromatic rings. The highest BCUT2D eigenvalue weighted by Crippen LogP contribution is 2.30. The van der Waals surface area contributed by atoms with E-state index in [1.165, 1.54) is 0 Å². The maximum atomic E-state index is 12.0. The molecule has 1 heterocycles. The van der Waals surface area contributed by atoms with E-state index in [1.807, 2.05) is 18.7 Å². The van der Waals surface area contributed by atoms with Gasteiger partial charge in [-0.15, -0.1) is 0 Å². The van der Waals surface area contributed by atoms with Gasteiger partial charge in [0.25, 0.3) is 0 Å². The molecular weight excluding hydrogens is 216 g/mol. The van der Waals surface area contributed by atoms with Crippen molar-refractivity contribution in [1.29, 1.82) is 5.26 Å². The lowest BCUT2D eigenvalue weighted by Crippen LogP contribution is -2.42. The molecule has 1 aliphatic rings. The molecule has 1 fully saturated rings. The summed E-state index contributed by atoms with van der Waals surface area (Å²) in [6.07, 6.45) is 2.11. The average molecular weight is 238 g/mol. The summed E-state index contributed by atoms with van der Waals surface area (Å²) in [5.74, 6) is 0.450. The smallest absolute Gasteiger partial charge is 0.222 e. The summed E-state index contributed by atoms with van der Waals surface area (Å²) in [7, 11) is 1.65. The molecule has 0 spiro atoms. The first kappa shape index (κ1) is 14.0. The Labute approximate surface area is 104 Å². The quantitative estimate of drug-likeness (QED) is 0.750. The molecule has 4 nitrogen and oxygen atoms in total. The number of nitrogens with zero attached hydrogens (tertiary/aromatic N) is 2. The summed E-state index contributed by atoms with van der Waals surface area (Å²) in [6, 6.07) is 2.34. The number of rotatable bonds is 4. The second-order valence-electron chi connectivity index (χ2n) is 5.32. The van der Waals surface area contributed by atoms with Crippen molar-refractivity contribution in [2.24, 2.45) is 11.3 Å². The fourth-order valence-electron chi connectivity index (χ4n) is 2.13. The number of carbonyl (C=O) groups is 1. The topological polar surface area (TPSA) is 53.3 Å². The predicted molar refractivity (Wildman–Crippen MR) is 65.2 cm³/mol. The van der Waals surface area contributed by atoms with Gasteiger partial charge in [-0.05, 0) is 25.7 Å². The summed E-state index contributed by atoms with van der Waals surface area (Å²) in [4.78, 5) is 13.9. The molecule has 17 heavy (non-hydrogen) atoms. The van der Waals surface area contributed by atoms with E-state index in [2.05, 4.69) is 6.07 Å². The van der Waals surface area contributed by atoms with Crippen molar-refractivity contribution >= 4 is 5.91 Å². The number of ether oxygens (including phenoxy) is 1. The van der Waals surface area contributed by atoms with Gasteiger partial charge in [-0.1, -0.05) is 6.92 Å². The van der Waals surface area contributed by atoms with Gasteiger partial charge in [0.1, 0.15) is 0 Å². The van der Waals surface area contributed by atoms with Gasteiger partial charge in [-0.2, -0.15) is 5.26 Å². The lowest BCUT2D eigenvalue weighted by Gasteiger charge is -2.35. The minimum atomic E-state index is -0.241. The van der Waals surface area contributed by atoms with Crippen LogP contribution in [-0.4, -0.2) is 37.6 Å². The molecule has 4 heteroatoms. The Hall–Kier alpha value is -1.08. The van der Waals surface area contributed by atoms with Gasteiger partial charge in [-0.3, -0.25) is 4.79 Å². The normalized spacial score (nSPS) is 20.7. The molecule has 0 N–H and O–H groups in total. The summed E-state index contributed by atoms with van der Waals surface area (Å²) >= 11 is 0. The third-order valence-corrected chi connectivity index (χ3v) is 3.46.